The van der Waals surface area contributed by atoms with Crippen LogP contribution in [-0.2, 0) is 29.1 Å². The normalized spacial score (nSPS) is 10.9. The van der Waals surface area contributed by atoms with Gasteiger partial charge in [-0.3, -0.25) is 14.4 Å². The SMILES string of the molecule is CCCCN(CC(=O)N(Cc1ccc(F)cc1)Cc1coc2ccccc2c1=O)C(=O)Cc1ccc(F)cc1. The van der Waals surface area contributed by atoms with Gasteiger partial charge in [-0.2, -0.15) is 0 Å². The lowest BCUT2D eigenvalue weighted by Crippen LogP contribution is -2.43. The van der Waals surface area contributed by atoms with Gasteiger partial charge in [-0.1, -0.05) is 49.7 Å². The van der Waals surface area contributed by atoms with Gasteiger partial charge in [0.25, 0.3) is 0 Å². The summed E-state index contributed by atoms with van der Waals surface area (Å²) in [7, 11) is 0. The highest BCUT2D eigenvalue weighted by atomic mass is 19.1. The number of unbranched alkanes of at least 4 members (excludes halogenated alkanes) is 1. The highest BCUT2D eigenvalue weighted by molar-refractivity contribution is 5.86. The fraction of sp³-hybridized carbons (Fsp3) is 0.258. The van der Waals surface area contributed by atoms with Gasteiger partial charge in [0.05, 0.1) is 36.7 Å². The summed E-state index contributed by atoms with van der Waals surface area (Å²) in [5.41, 5.74) is 1.81. The molecule has 0 N–H and O–H groups in total. The Morgan fingerprint density at radius 2 is 1.44 bits per heavy atom. The first-order valence-electron chi connectivity index (χ1n) is 12.9. The van der Waals surface area contributed by atoms with Crippen LogP contribution in [0.3, 0.4) is 0 Å². The minimum absolute atomic E-state index is 0.0312. The molecule has 39 heavy (non-hydrogen) atoms. The second kappa shape index (κ2) is 13.0. The Morgan fingerprint density at radius 1 is 0.795 bits per heavy atom. The zero-order valence-electron chi connectivity index (χ0n) is 21.7. The number of amides is 2. The Hall–Kier alpha value is -4.33. The Morgan fingerprint density at radius 3 is 2.10 bits per heavy atom. The first kappa shape index (κ1) is 27.7. The number of hydrogen-bond acceptors (Lipinski definition) is 4. The number of carbonyl (C=O) groups excluding carboxylic acids is 2. The third-order valence-electron chi connectivity index (χ3n) is 6.48. The van der Waals surface area contributed by atoms with E-state index in [1.54, 1.807) is 48.5 Å². The Bertz CT molecular complexity index is 1480. The molecule has 0 radical (unpaired) electrons. The molecule has 0 unspecified atom stereocenters. The van der Waals surface area contributed by atoms with Gasteiger partial charge < -0.3 is 14.2 Å². The molecule has 2 amide bonds. The van der Waals surface area contributed by atoms with Gasteiger partial charge in [0.15, 0.2) is 5.43 Å². The maximum Gasteiger partial charge on any atom is 0.242 e. The third kappa shape index (κ3) is 7.37. The van der Waals surface area contributed by atoms with Crippen LogP contribution in [-0.4, -0.2) is 34.7 Å². The molecule has 0 saturated heterocycles. The van der Waals surface area contributed by atoms with Crippen molar-refractivity contribution < 1.29 is 22.8 Å². The van der Waals surface area contributed by atoms with Gasteiger partial charge in [0.2, 0.25) is 11.8 Å². The summed E-state index contributed by atoms with van der Waals surface area (Å²) in [6.45, 7) is 2.24. The van der Waals surface area contributed by atoms with Crippen LogP contribution >= 0.6 is 0 Å². The van der Waals surface area contributed by atoms with E-state index in [0.717, 1.165) is 6.42 Å². The Kier molecular flexibility index (Phi) is 9.20. The zero-order valence-corrected chi connectivity index (χ0v) is 21.7. The van der Waals surface area contributed by atoms with Gasteiger partial charge in [-0.15, -0.1) is 0 Å². The number of benzene rings is 3. The largest absolute Gasteiger partial charge is 0.464 e. The molecular weight excluding hydrogens is 502 g/mol. The molecule has 0 fully saturated rings. The molecule has 202 valence electrons. The fourth-order valence-corrected chi connectivity index (χ4v) is 4.27. The van der Waals surface area contributed by atoms with Crippen LogP contribution in [0.2, 0.25) is 0 Å². The van der Waals surface area contributed by atoms with Crippen LogP contribution in [0.15, 0.2) is 88.3 Å². The molecule has 0 bridgehead atoms. The van der Waals surface area contributed by atoms with Crippen molar-refractivity contribution in [3.05, 3.63) is 118 Å². The first-order chi connectivity index (χ1) is 18.8. The maximum absolute atomic E-state index is 13.6. The molecule has 1 heterocycles. The molecule has 1 aromatic heterocycles. The van der Waals surface area contributed by atoms with Crippen molar-refractivity contribution in [3.8, 4) is 0 Å². The molecular formula is C31H30F2N2O4. The van der Waals surface area contributed by atoms with Crippen LogP contribution in [0.1, 0.15) is 36.5 Å². The average molecular weight is 533 g/mol. The number of fused-ring (bicyclic) bond motifs is 1. The lowest BCUT2D eigenvalue weighted by molar-refractivity contribution is -0.141. The molecule has 3 aromatic carbocycles. The van der Waals surface area contributed by atoms with E-state index in [2.05, 4.69) is 0 Å². The predicted molar refractivity (Wildman–Crippen MR) is 145 cm³/mol. The molecule has 8 heteroatoms. The molecule has 6 nitrogen and oxygen atoms in total. The summed E-state index contributed by atoms with van der Waals surface area (Å²) in [4.78, 5) is 42.9. The summed E-state index contributed by atoms with van der Waals surface area (Å²) in [6.07, 6.45) is 2.91. The lowest BCUT2D eigenvalue weighted by Gasteiger charge is -2.28. The standard InChI is InChI=1S/C31H30F2N2O4/c1-2-3-16-34(29(36)17-22-8-12-25(32)13-9-22)20-30(37)35(18-23-10-14-26(33)15-11-23)19-24-21-39-28-7-5-4-6-27(28)31(24)38/h4-15,21H,2-3,16-20H2,1H3. The molecule has 0 spiro atoms. The summed E-state index contributed by atoms with van der Waals surface area (Å²) < 4.78 is 32.5. The van der Waals surface area contributed by atoms with Crippen molar-refractivity contribution in [2.45, 2.75) is 39.3 Å². The molecule has 4 aromatic rings. The molecule has 0 aliphatic carbocycles. The van der Waals surface area contributed by atoms with Crippen LogP contribution in [0, 0.1) is 11.6 Å². The van der Waals surface area contributed by atoms with Gasteiger partial charge in [-0.25, -0.2) is 8.78 Å². The minimum Gasteiger partial charge on any atom is -0.464 e. The fourth-order valence-electron chi connectivity index (χ4n) is 4.27. The van der Waals surface area contributed by atoms with E-state index in [1.165, 1.54) is 40.3 Å². The second-order valence-corrected chi connectivity index (χ2v) is 9.43. The highest BCUT2D eigenvalue weighted by Gasteiger charge is 2.23. The number of rotatable bonds is 11. The molecule has 0 aliphatic heterocycles. The van der Waals surface area contributed by atoms with Gasteiger partial charge in [0.1, 0.15) is 17.2 Å². The third-order valence-corrected chi connectivity index (χ3v) is 6.48. The van der Waals surface area contributed by atoms with E-state index in [-0.39, 0.29) is 49.1 Å². The highest BCUT2D eigenvalue weighted by Crippen LogP contribution is 2.15. The van der Waals surface area contributed by atoms with E-state index >= 15 is 0 Å². The number of para-hydroxylation sites is 1. The number of carbonyl (C=O) groups is 2. The van der Waals surface area contributed by atoms with Crippen LogP contribution in [0.25, 0.3) is 11.0 Å². The Labute approximate surface area is 225 Å². The monoisotopic (exact) mass is 532 g/mol. The van der Waals surface area contributed by atoms with E-state index in [1.807, 2.05) is 6.92 Å². The zero-order chi connectivity index (χ0) is 27.8. The second-order valence-electron chi connectivity index (χ2n) is 9.43. The minimum atomic E-state index is -0.399. The van der Waals surface area contributed by atoms with Gasteiger partial charge >= 0.3 is 0 Å². The van der Waals surface area contributed by atoms with E-state index in [0.29, 0.717) is 40.6 Å². The van der Waals surface area contributed by atoms with Crippen LogP contribution in [0.5, 0.6) is 0 Å². The maximum atomic E-state index is 13.6. The van der Waals surface area contributed by atoms with Gasteiger partial charge in [-0.05, 0) is 53.9 Å². The molecule has 4 rings (SSSR count). The van der Waals surface area contributed by atoms with Gasteiger partial charge in [0, 0.05) is 13.1 Å². The Balaban J connectivity index is 1.58. The van der Waals surface area contributed by atoms with Crippen molar-refractivity contribution in [1.82, 2.24) is 9.80 Å². The van der Waals surface area contributed by atoms with Crippen molar-refractivity contribution in [3.63, 3.8) is 0 Å². The van der Waals surface area contributed by atoms with Crippen LogP contribution < -0.4 is 5.43 Å². The predicted octanol–water partition coefficient (Wildman–Crippen LogP) is 5.47. The summed E-state index contributed by atoms with van der Waals surface area (Å²) in [6, 6.07) is 18.3. The first-order valence-corrected chi connectivity index (χ1v) is 12.9. The summed E-state index contributed by atoms with van der Waals surface area (Å²) in [5, 5.41) is 0.406. The van der Waals surface area contributed by atoms with Crippen LogP contribution in [0.4, 0.5) is 8.78 Å². The van der Waals surface area contributed by atoms with E-state index in [4.69, 9.17) is 4.42 Å². The lowest BCUT2D eigenvalue weighted by atomic mass is 10.1. The number of nitrogens with zero attached hydrogens (tertiary/aromatic N) is 2. The quantitative estimate of drug-likeness (QED) is 0.257. The molecule has 0 saturated carbocycles. The number of hydrogen-bond donors (Lipinski definition) is 0. The van der Waals surface area contributed by atoms with E-state index in [9.17, 15) is 23.2 Å². The number of halogens is 2. The average Bonchev–Trinajstić information content (AvgIpc) is 2.94. The van der Waals surface area contributed by atoms with Crippen molar-refractivity contribution in [2.75, 3.05) is 13.1 Å². The smallest absolute Gasteiger partial charge is 0.242 e. The van der Waals surface area contributed by atoms with Crippen molar-refractivity contribution >= 4 is 22.8 Å². The van der Waals surface area contributed by atoms with Crippen molar-refractivity contribution in [1.29, 1.82) is 0 Å². The summed E-state index contributed by atoms with van der Waals surface area (Å²) in [5.74, 6) is -1.41. The van der Waals surface area contributed by atoms with Crippen molar-refractivity contribution in [2.24, 2.45) is 0 Å². The molecule has 0 aliphatic rings. The topological polar surface area (TPSA) is 70.8 Å². The molecule has 0 atom stereocenters. The summed E-state index contributed by atoms with van der Waals surface area (Å²) >= 11 is 0. The van der Waals surface area contributed by atoms with E-state index < -0.39 is 5.82 Å².